The van der Waals surface area contributed by atoms with Crippen molar-refractivity contribution in [3.8, 4) is 0 Å². The molecule has 27 heavy (non-hydrogen) atoms. The number of nitrogens with zero attached hydrogens (tertiary/aromatic N) is 2. The number of H-pyrrole nitrogens is 1. The topological polar surface area (TPSA) is 85.7 Å². The van der Waals surface area contributed by atoms with Gasteiger partial charge < -0.3 is 16.5 Å². The molecule has 0 spiro atoms. The minimum atomic E-state index is 0.816. The van der Waals surface area contributed by atoms with Gasteiger partial charge in [-0.3, -0.25) is 4.68 Å². The van der Waals surface area contributed by atoms with Crippen LogP contribution in [0.4, 0.5) is 0 Å². The highest BCUT2D eigenvalue weighted by atomic mass is 15.3. The maximum atomic E-state index is 5.64. The molecule has 5 N–H and O–H groups in total. The van der Waals surface area contributed by atoms with Gasteiger partial charge in [-0.25, -0.2) is 0 Å². The quantitative estimate of drug-likeness (QED) is 0.482. The number of benzene rings is 1. The van der Waals surface area contributed by atoms with Gasteiger partial charge in [0.1, 0.15) is 0 Å². The van der Waals surface area contributed by atoms with E-state index >= 15 is 0 Å². The molecule has 0 unspecified atom stereocenters. The Balaban J connectivity index is 1.57. The first-order valence-corrected chi connectivity index (χ1v) is 10.0. The fraction of sp³-hybridized carbons (Fsp3) is 0.409. The summed E-state index contributed by atoms with van der Waals surface area (Å²) in [5.74, 6) is 0. The van der Waals surface area contributed by atoms with Crippen molar-refractivity contribution in [1.82, 2.24) is 14.8 Å². The van der Waals surface area contributed by atoms with Gasteiger partial charge in [0, 0.05) is 34.9 Å². The van der Waals surface area contributed by atoms with Crippen LogP contribution in [0.5, 0.6) is 0 Å². The largest absolute Gasteiger partial charge is 0.404 e. The van der Waals surface area contributed by atoms with Gasteiger partial charge in [0.05, 0.1) is 11.7 Å². The molecule has 0 saturated carbocycles. The maximum Gasteiger partial charge on any atom is 0.0682 e. The van der Waals surface area contributed by atoms with Gasteiger partial charge in [0.15, 0.2) is 0 Å². The summed E-state index contributed by atoms with van der Waals surface area (Å²) < 4.78 is 2.13. The van der Waals surface area contributed by atoms with Gasteiger partial charge >= 0.3 is 0 Å². The Labute approximate surface area is 160 Å². The van der Waals surface area contributed by atoms with E-state index < -0.39 is 0 Å². The van der Waals surface area contributed by atoms with Crippen LogP contribution in [0.25, 0.3) is 23.2 Å². The van der Waals surface area contributed by atoms with Crippen LogP contribution in [-0.2, 0) is 13.0 Å². The molecular formula is C22H31N5. The first-order chi connectivity index (χ1) is 13.3. The second-order valence-electron chi connectivity index (χ2n) is 7.09. The van der Waals surface area contributed by atoms with Crippen molar-refractivity contribution in [2.45, 2.75) is 51.5 Å². The van der Waals surface area contributed by atoms with Gasteiger partial charge in [-0.05, 0) is 49.6 Å². The van der Waals surface area contributed by atoms with Crippen molar-refractivity contribution in [1.29, 1.82) is 0 Å². The number of fused-ring (bicyclic) bond motifs is 1. The SMILES string of the molecule is N/C=c1/cc[nH]/c1=C/Cc1ccc2c(cnn2CCCCCCCCN)c1. The van der Waals surface area contributed by atoms with Gasteiger partial charge in [0.2, 0.25) is 0 Å². The Morgan fingerprint density at radius 2 is 1.85 bits per heavy atom. The zero-order chi connectivity index (χ0) is 18.9. The van der Waals surface area contributed by atoms with Crippen LogP contribution in [0.3, 0.4) is 0 Å². The Kier molecular flexibility index (Phi) is 7.11. The van der Waals surface area contributed by atoms with E-state index in [1.807, 2.05) is 18.5 Å². The minimum absolute atomic E-state index is 0.816. The lowest BCUT2D eigenvalue weighted by atomic mass is 10.1. The van der Waals surface area contributed by atoms with Crippen LogP contribution < -0.4 is 22.0 Å². The standard InChI is InChI=1S/C22H31N5/c23-12-5-3-1-2-4-6-14-27-22-10-8-18(15-20(22)17-26-27)7-9-21-19(16-24)11-13-25-21/h8-11,13,15-17,25H,1-7,12,14,23-24H2/b19-16-,21-9+. The van der Waals surface area contributed by atoms with Gasteiger partial charge in [-0.15, -0.1) is 0 Å². The van der Waals surface area contributed by atoms with Crippen LogP contribution >= 0.6 is 0 Å². The minimum Gasteiger partial charge on any atom is -0.404 e. The Bertz CT molecular complexity index is 951. The first-order valence-electron chi connectivity index (χ1n) is 10.0. The maximum absolute atomic E-state index is 5.64. The van der Waals surface area contributed by atoms with Crippen molar-refractivity contribution in [2.24, 2.45) is 11.5 Å². The normalized spacial score (nSPS) is 13.1. The number of aromatic amines is 1. The molecule has 1 aromatic carbocycles. The summed E-state index contributed by atoms with van der Waals surface area (Å²) in [5.41, 5.74) is 13.7. The number of hydrogen-bond acceptors (Lipinski definition) is 3. The van der Waals surface area contributed by atoms with Crippen LogP contribution in [0.2, 0.25) is 0 Å². The van der Waals surface area contributed by atoms with Crippen molar-refractivity contribution in [3.63, 3.8) is 0 Å². The van der Waals surface area contributed by atoms with E-state index in [2.05, 4.69) is 39.0 Å². The second kappa shape index (κ2) is 9.97. The molecule has 5 nitrogen and oxygen atoms in total. The van der Waals surface area contributed by atoms with E-state index in [1.165, 1.54) is 48.6 Å². The highest BCUT2D eigenvalue weighted by Gasteiger charge is 2.03. The van der Waals surface area contributed by atoms with Gasteiger partial charge in [-0.2, -0.15) is 5.10 Å². The molecule has 3 rings (SSSR count). The number of nitrogens with one attached hydrogen (secondary N) is 1. The van der Waals surface area contributed by atoms with Crippen molar-refractivity contribution < 1.29 is 0 Å². The average molecular weight is 366 g/mol. The van der Waals surface area contributed by atoms with Crippen LogP contribution in [0, 0.1) is 0 Å². The van der Waals surface area contributed by atoms with E-state index in [4.69, 9.17) is 11.5 Å². The zero-order valence-corrected chi connectivity index (χ0v) is 16.0. The summed E-state index contributed by atoms with van der Waals surface area (Å²) in [4.78, 5) is 3.22. The first kappa shape index (κ1) is 19.2. The van der Waals surface area contributed by atoms with E-state index in [1.54, 1.807) is 6.20 Å². The summed E-state index contributed by atoms with van der Waals surface area (Å²) in [6.45, 7) is 1.81. The second-order valence-corrected chi connectivity index (χ2v) is 7.09. The molecule has 0 atom stereocenters. The molecule has 0 bridgehead atoms. The van der Waals surface area contributed by atoms with E-state index in [0.717, 1.165) is 36.5 Å². The predicted octanol–water partition coefficient (Wildman–Crippen LogP) is 2.38. The molecule has 2 heterocycles. The molecular weight excluding hydrogens is 334 g/mol. The molecule has 0 amide bonds. The molecule has 2 aromatic heterocycles. The van der Waals surface area contributed by atoms with E-state index in [9.17, 15) is 0 Å². The van der Waals surface area contributed by atoms with Crippen LogP contribution in [-0.4, -0.2) is 21.3 Å². The summed E-state index contributed by atoms with van der Waals surface area (Å²) >= 11 is 0. The highest BCUT2D eigenvalue weighted by Crippen LogP contribution is 2.17. The van der Waals surface area contributed by atoms with Crippen molar-refractivity contribution in [3.05, 3.63) is 52.8 Å². The summed E-state index contributed by atoms with van der Waals surface area (Å²) in [7, 11) is 0. The fourth-order valence-corrected chi connectivity index (χ4v) is 3.49. The van der Waals surface area contributed by atoms with Crippen molar-refractivity contribution >= 4 is 23.2 Å². The van der Waals surface area contributed by atoms with E-state index in [0.29, 0.717) is 0 Å². The third-order valence-electron chi connectivity index (χ3n) is 5.06. The lowest BCUT2D eigenvalue weighted by molar-refractivity contribution is 0.534. The molecule has 0 saturated heterocycles. The molecule has 144 valence electrons. The summed E-state index contributed by atoms with van der Waals surface area (Å²) in [5, 5.41) is 7.90. The van der Waals surface area contributed by atoms with Gasteiger partial charge in [-0.1, -0.05) is 37.8 Å². The third kappa shape index (κ3) is 5.23. The molecule has 0 fully saturated rings. The fourth-order valence-electron chi connectivity index (χ4n) is 3.49. The van der Waals surface area contributed by atoms with Crippen molar-refractivity contribution in [2.75, 3.05) is 6.54 Å². The third-order valence-corrected chi connectivity index (χ3v) is 5.06. The molecule has 5 heteroatoms. The lowest BCUT2D eigenvalue weighted by Gasteiger charge is -2.05. The summed E-state index contributed by atoms with van der Waals surface area (Å²) in [6.07, 6.45) is 16.0. The predicted molar refractivity (Wildman–Crippen MR) is 113 cm³/mol. The Morgan fingerprint density at radius 1 is 1.04 bits per heavy atom. The number of unbranched alkanes of at least 4 members (excludes halogenated alkanes) is 5. The number of aryl methyl sites for hydroxylation is 1. The molecule has 0 aliphatic rings. The number of hydrogen-bond donors (Lipinski definition) is 3. The lowest BCUT2D eigenvalue weighted by Crippen LogP contribution is -2.23. The van der Waals surface area contributed by atoms with E-state index in [-0.39, 0.29) is 0 Å². The van der Waals surface area contributed by atoms with Crippen LogP contribution in [0.1, 0.15) is 44.1 Å². The average Bonchev–Trinajstić information content (AvgIpc) is 3.31. The number of aromatic nitrogens is 3. The monoisotopic (exact) mass is 365 g/mol. The highest BCUT2D eigenvalue weighted by molar-refractivity contribution is 5.79. The summed E-state index contributed by atoms with van der Waals surface area (Å²) in [6, 6.07) is 8.60. The molecule has 0 aliphatic heterocycles. The number of nitrogens with two attached hydrogens (primary N) is 2. The molecule has 0 radical (unpaired) electrons. The zero-order valence-electron chi connectivity index (χ0n) is 16.0. The Hall–Kier alpha value is -2.53. The smallest absolute Gasteiger partial charge is 0.0682 e. The molecule has 3 aromatic rings. The molecule has 0 aliphatic carbocycles. The van der Waals surface area contributed by atoms with Crippen LogP contribution in [0.15, 0.2) is 36.7 Å². The Morgan fingerprint density at radius 3 is 2.67 bits per heavy atom. The number of rotatable bonds is 10. The van der Waals surface area contributed by atoms with Gasteiger partial charge in [0.25, 0.3) is 0 Å².